The Balaban J connectivity index is 2.00. The second kappa shape index (κ2) is 4.01. The molecule has 0 radical (unpaired) electrons. The molecular formula is C12H16N4O. The molecule has 90 valence electrons. The van der Waals surface area contributed by atoms with Gasteiger partial charge in [0.1, 0.15) is 0 Å². The molecule has 0 bridgehead atoms. The van der Waals surface area contributed by atoms with Crippen LogP contribution in [0.5, 0.6) is 0 Å². The summed E-state index contributed by atoms with van der Waals surface area (Å²) in [6, 6.07) is 6.43. The summed E-state index contributed by atoms with van der Waals surface area (Å²) in [7, 11) is 1.98. The topological polar surface area (TPSA) is 72.7 Å². The van der Waals surface area contributed by atoms with Crippen LogP contribution in [-0.2, 0) is 0 Å². The van der Waals surface area contributed by atoms with Crippen molar-refractivity contribution in [2.45, 2.75) is 6.04 Å². The number of fused-ring (bicyclic) bond motifs is 1. The maximum Gasteiger partial charge on any atom is 0.323 e. The van der Waals surface area contributed by atoms with E-state index >= 15 is 0 Å². The third-order valence-corrected chi connectivity index (χ3v) is 3.49. The zero-order valence-electron chi connectivity index (χ0n) is 9.71. The van der Waals surface area contributed by atoms with Crippen molar-refractivity contribution in [1.29, 1.82) is 0 Å². The van der Waals surface area contributed by atoms with Crippen LogP contribution in [0.2, 0.25) is 0 Å². The molecule has 1 aromatic heterocycles. The lowest BCUT2D eigenvalue weighted by molar-refractivity contribution is 0.268. The smallest absolute Gasteiger partial charge is 0.316 e. The number of rotatable bonds is 3. The highest BCUT2D eigenvalue weighted by Crippen LogP contribution is 2.26. The van der Waals surface area contributed by atoms with Gasteiger partial charge in [0.05, 0.1) is 11.0 Å². The summed E-state index contributed by atoms with van der Waals surface area (Å²) in [4.78, 5) is 16.8. The summed E-state index contributed by atoms with van der Waals surface area (Å²) >= 11 is 0. The molecule has 3 rings (SSSR count). The number of hydrogen-bond donors (Lipinski definition) is 4. The van der Waals surface area contributed by atoms with Gasteiger partial charge in [-0.25, -0.2) is 4.79 Å². The molecule has 1 aliphatic rings. The second-order valence-electron chi connectivity index (χ2n) is 4.57. The van der Waals surface area contributed by atoms with Crippen LogP contribution in [0.3, 0.4) is 0 Å². The summed E-state index contributed by atoms with van der Waals surface area (Å²) in [5.74, 6) is 0.628. The van der Waals surface area contributed by atoms with Crippen molar-refractivity contribution >= 4 is 11.0 Å². The van der Waals surface area contributed by atoms with Gasteiger partial charge < -0.3 is 20.6 Å². The number of nitrogens with one attached hydrogen (secondary N) is 4. The SMILES string of the molecule is CNC(c1ccc2[nH]c(=O)[nH]c2c1)C1CNC1. The van der Waals surface area contributed by atoms with Gasteiger partial charge in [-0.05, 0) is 24.7 Å². The van der Waals surface area contributed by atoms with E-state index in [0.29, 0.717) is 12.0 Å². The monoisotopic (exact) mass is 232 g/mol. The zero-order chi connectivity index (χ0) is 11.8. The number of aromatic nitrogens is 2. The molecule has 5 nitrogen and oxygen atoms in total. The van der Waals surface area contributed by atoms with E-state index in [0.717, 1.165) is 24.1 Å². The van der Waals surface area contributed by atoms with Crippen LogP contribution < -0.4 is 16.3 Å². The largest absolute Gasteiger partial charge is 0.323 e. The maximum absolute atomic E-state index is 11.2. The van der Waals surface area contributed by atoms with E-state index in [4.69, 9.17) is 0 Å². The maximum atomic E-state index is 11.2. The molecule has 1 fully saturated rings. The van der Waals surface area contributed by atoms with Gasteiger partial charge in [0.15, 0.2) is 0 Å². The van der Waals surface area contributed by atoms with Crippen molar-refractivity contribution in [2.75, 3.05) is 20.1 Å². The van der Waals surface area contributed by atoms with Gasteiger partial charge in [-0.2, -0.15) is 0 Å². The van der Waals surface area contributed by atoms with Crippen LogP contribution >= 0.6 is 0 Å². The molecular weight excluding hydrogens is 216 g/mol. The molecule has 0 amide bonds. The fraction of sp³-hybridized carbons (Fsp3) is 0.417. The summed E-state index contributed by atoms with van der Waals surface area (Å²) in [5.41, 5.74) is 2.81. The first-order valence-corrected chi connectivity index (χ1v) is 5.88. The Kier molecular flexibility index (Phi) is 2.49. The standard InChI is InChI=1S/C12H16N4O/c1-13-11(8-5-14-6-8)7-2-3-9-10(4-7)16-12(17)15-9/h2-4,8,11,13-14H,5-6H2,1H3,(H2,15,16,17). The van der Waals surface area contributed by atoms with Gasteiger partial charge in [-0.15, -0.1) is 0 Å². The molecule has 2 heterocycles. The molecule has 5 heteroatoms. The highest BCUT2D eigenvalue weighted by atomic mass is 16.1. The molecule has 1 saturated heterocycles. The predicted molar refractivity (Wildman–Crippen MR) is 67.1 cm³/mol. The number of benzene rings is 1. The van der Waals surface area contributed by atoms with Crippen molar-refractivity contribution in [3.05, 3.63) is 34.2 Å². The lowest BCUT2D eigenvalue weighted by Gasteiger charge is -2.34. The molecule has 2 aromatic rings. The molecule has 0 spiro atoms. The Morgan fingerprint density at radius 3 is 2.71 bits per heavy atom. The number of imidazole rings is 1. The van der Waals surface area contributed by atoms with Crippen molar-refractivity contribution in [3.8, 4) is 0 Å². The molecule has 4 N–H and O–H groups in total. The molecule has 0 aliphatic carbocycles. The quantitative estimate of drug-likeness (QED) is 0.616. The Morgan fingerprint density at radius 2 is 2.06 bits per heavy atom. The summed E-state index contributed by atoms with van der Waals surface area (Å²) in [6.45, 7) is 2.10. The van der Waals surface area contributed by atoms with Crippen molar-refractivity contribution in [3.63, 3.8) is 0 Å². The minimum atomic E-state index is -0.150. The normalized spacial score (nSPS) is 18.2. The van der Waals surface area contributed by atoms with Gasteiger partial charge in [0.2, 0.25) is 0 Å². The van der Waals surface area contributed by atoms with Crippen molar-refractivity contribution in [2.24, 2.45) is 5.92 Å². The lowest BCUT2D eigenvalue weighted by atomic mass is 9.88. The summed E-state index contributed by atoms with van der Waals surface area (Å²) < 4.78 is 0. The average Bonchev–Trinajstić information content (AvgIpc) is 2.61. The highest BCUT2D eigenvalue weighted by Gasteiger charge is 2.27. The van der Waals surface area contributed by atoms with Crippen LogP contribution in [0.1, 0.15) is 11.6 Å². The minimum absolute atomic E-state index is 0.150. The van der Waals surface area contributed by atoms with Crippen LogP contribution in [0.15, 0.2) is 23.0 Å². The van der Waals surface area contributed by atoms with Crippen LogP contribution in [-0.4, -0.2) is 30.1 Å². The summed E-state index contributed by atoms with van der Waals surface area (Å²) in [6.07, 6.45) is 0. The van der Waals surface area contributed by atoms with E-state index in [1.165, 1.54) is 5.56 Å². The Morgan fingerprint density at radius 1 is 1.29 bits per heavy atom. The van der Waals surface area contributed by atoms with Gasteiger partial charge in [-0.3, -0.25) is 0 Å². The molecule has 1 unspecified atom stereocenters. The second-order valence-corrected chi connectivity index (χ2v) is 4.57. The minimum Gasteiger partial charge on any atom is -0.316 e. The number of H-pyrrole nitrogens is 2. The summed E-state index contributed by atoms with van der Waals surface area (Å²) in [5, 5.41) is 6.63. The Bertz CT molecular complexity index is 581. The third-order valence-electron chi connectivity index (χ3n) is 3.49. The van der Waals surface area contributed by atoms with E-state index in [2.05, 4.69) is 26.7 Å². The van der Waals surface area contributed by atoms with E-state index < -0.39 is 0 Å². The molecule has 17 heavy (non-hydrogen) atoms. The van der Waals surface area contributed by atoms with E-state index in [-0.39, 0.29) is 5.69 Å². The van der Waals surface area contributed by atoms with E-state index in [9.17, 15) is 4.79 Å². The van der Waals surface area contributed by atoms with Crippen molar-refractivity contribution < 1.29 is 0 Å². The van der Waals surface area contributed by atoms with Crippen LogP contribution in [0, 0.1) is 5.92 Å². The van der Waals surface area contributed by atoms with Gasteiger partial charge in [0, 0.05) is 25.0 Å². The first kappa shape index (κ1) is 10.6. The predicted octanol–water partition coefficient (Wildman–Crippen LogP) is 0.336. The zero-order valence-corrected chi connectivity index (χ0v) is 9.71. The first-order valence-electron chi connectivity index (χ1n) is 5.88. The molecule has 0 saturated carbocycles. The highest BCUT2D eigenvalue weighted by molar-refractivity contribution is 5.75. The van der Waals surface area contributed by atoms with Crippen LogP contribution in [0.25, 0.3) is 11.0 Å². The van der Waals surface area contributed by atoms with Crippen molar-refractivity contribution in [1.82, 2.24) is 20.6 Å². The Labute approximate surface area is 98.6 Å². The average molecular weight is 232 g/mol. The van der Waals surface area contributed by atoms with Gasteiger partial charge in [0.25, 0.3) is 0 Å². The lowest BCUT2D eigenvalue weighted by Crippen LogP contribution is -2.48. The van der Waals surface area contributed by atoms with Gasteiger partial charge >= 0.3 is 5.69 Å². The number of aromatic amines is 2. The molecule has 1 aliphatic heterocycles. The first-order chi connectivity index (χ1) is 8.28. The van der Waals surface area contributed by atoms with E-state index in [1.807, 2.05) is 19.2 Å². The molecule has 1 aromatic carbocycles. The fourth-order valence-corrected chi connectivity index (χ4v) is 2.46. The third kappa shape index (κ3) is 1.77. The number of hydrogen-bond acceptors (Lipinski definition) is 3. The van der Waals surface area contributed by atoms with Gasteiger partial charge in [-0.1, -0.05) is 6.07 Å². The Hall–Kier alpha value is -1.59. The van der Waals surface area contributed by atoms with Crippen LogP contribution in [0.4, 0.5) is 0 Å². The fourth-order valence-electron chi connectivity index (χ4n) is 2.46. The molecule has 1 atom stereocenters. The van der Waals surface area contributed by atoms with E-state index in [1.54, 1.807) is 0 Å².